The summed E-state index contributed by atoms with van der Waals surface area (Å²) in [6.45, 7) is 6.18. The van der Waals surface area contributed by atoms with E-state index in [9.17, 15) is 0 Å². The fourth-order valence-electron chi connectivity index (χ4n) is 1.22. The molecule has 90 valence electrons. The molecule has 0 radical (unpaired) electrons. The van der Waals surface area contributed by atoms with Gasteiger partial charge in [-0.25, -0.2) is 9.97 Å². The molecule has 0 saturated heterocycles. The van der Waals surface area contributed by atoms with Crippen LogP contribution in [-0.4, -0.2) is 28.8 Å². The van der Waals surface area contributed by atoms with Crippen molar-refractivity contribution < 1.29 is 0 Å². The third-order valence-corrected chi connectivity index (χ3v) is 2.34. The minimum Gasteiger partial charge on any atom is -0.370 e. The van der Waals surface area contributed by atoms with Gasteiger partial charge in [0.05, 0.1) is 0 Å². The van der Waals surface area contributed by atoms with Gasteiger partial charge in [0, 0.05) is 24.9 Å². The Bertz CT molecular complexity index is 304. The van der Waals surface area contributed by atoms with Gasteiger partial charge in [0.15, 0.2) is 0 Å². The van der Waals surface area contributed by atoms with E-state index in [2.05, 4.69) is 47.1 Å². The van der Waals surface area contributed by atoms with Crippen LogP contribution in [0.4, 0.5) is 11.6 Å². The summed E-state index contributed by atoms with van der Waals surface area (Å²) in [5, 5.41) is 6.45. The number of hydrogen-bond acceptors (Lipinski definition) is 5. The Labute approximate surface area is 103 Å². The van der Waals surface area contributed by atoms with Crippen LogP contribution in [-0.2, 0) is 0 Å². The molecule has 1 heterocycles. The van der Waals surface area contributed by atoms with Crippen LogP contribution in [0.1, 0.15) is 20.3 Å². The van der Waals surface area contributed by atoms with E-state index in [1.807, 2.05) is 6.07 Å². The summed E-state index contributed by atoms with van der Waals surface area (Å²) in [7, 11) is 0. The van der Waals surface area contributed by atoms with Crippen LogP contribution >= 0.6 is 12.6 Å². The van der Waals surface area contributed by atoms with Gasteiger partial charge < -0.3 is 10.6 Å². The summed E-state index contributed by atoms with van der Waals surface area (Å²) in [5.41, 5.74) is 0. The quantitative estimate of drug-likeness (QED) is 0.640. The fourth-order valence-corrected chi connectivity index (χ4v) is 1.34. The SMILES string of the molecule is CC(C)CCNc1cc(NCCS)ncn1. The molecule has 0 amide bonds. The van der Waals surface area contributed by atoms with Crippen LogP contribution in [0, 0.1) is 5.92 Å². The lowest BCUT2D eigenvalue weighted by Crippen LogP contribution is -2.08. The van der Waals surface area contributed by atoms with Crippen molar-refractivity contribution in [2.75, 3.05) is 29.5 Å². The van der Waals surface area contributed by atoms with Gasteiger partial charge in [0.25, 0.3) is 0 Å². The first-order valence-corrected chi connectivity index (χ1v) is 6.26. The highest BCUT2D eigenvalue weighted by Gasteiger charge is 1.98. The Hall–Kier alpha value is -0.970. The van der Waals surface area contributed by atoms with Crippen molar-refractivity contribution in [2.24, 2.45) is 5.92 Å². The predicted octanol–water partition coefficient (Wildman–Crippen LogP) is 2.28. The van der Waals surface area contributed by atoms with E-state index in [0.29, 0.717) is 5.92 Å². The van der Waals surface area contributed by atoms with Crippen molar-refractivity contribution in [3.8, 4) is 0 Å². The van der Waals surface area contributed by atoms with E-state index in [4.69, 9.17) is 0 Å². The second-order valence-corrected chi connectivity index (χ2v) is 4.50. The van der Waals surface area contributed by atoms with Crippen molar-refractivity contribution in [3.05, 3.63) is 12.4 Å². The number of thiol groups is 1. The highest BCUT2D eigenvalue weighted by atomic mass is 32.1. The van der Waals surface area contributed by atoms with E-state index in [0.717, 1.165) is 36.9 Å². The van der Waals surface area contributed by atoms with Gasteiger partial charge >= 0.3 is 0 Å². The molecule has 0 aliphatic carbocycles. The Balaban J connectivity index is 2.40. The van der Waals surface area contributed by atoms with Crippen LogP contribution in [0.3, 0.4) is 0 Å². The average molecular weight is 240 g/mol. The monoisotopic (exact) mass is 240 g/mol. The van der Waals surface area contributed by atoms with E-state index in [1.165, 1.54) is 0 Å². The van der Waals surface area contributed by atoms with Crippen molar-refractivity contribution in [2.45, 2.75) is 20.3 Å². The van der Waals surface area contributed by atoms with Crippen LogP contribution in [0.2, 0.25) is 0 Å². The number of nitrogens with one attached hydrogen (secondary N) is 2. The Morgan fingerprint density at radius 3 is 2.38 bits per heavy atom. The zero-order valence-corrected chi connectivity index (χ0v) is 10.8. The molecule has 2 N–H and O–H groups in total. The molecule has 0 fully saturated rings. The molecule has 0 saturated carbocycles. The first-order chi connectivity index (χ1) is 7.72. The molecule has 1 aromatic heterocycles. The second kappa shape index (κ2) is 7.33. The van der Waals surface area contributed by atoms with Crippen LogP contribution in [0.5, 0.6) is 0 Å². The van der Waals surface area contributed by atoms with Crippen molar-refractivity contribution in [1.82, 2.24) is 9.97 Å². The predicted molar refractivity (Wildman–Crippen MR) is 72.3 cm³/mol. The summed E-state index contributed by atoms with van der Waals surface area (Å²) < 4.78 is 0. The van der Waals surface area contributed by atoms with Gasteiger partial charge in [0.1, 0.15) is 18.0 Å². The average Bonchev–Trinajstić information content (AvgIpc) is 2.26. The number of anilines is 2. The lowest BCUT2D eigenvalue weighted by Gasteiger charge is -2.09. The maximum Gasteiger partial charge on any atom is 0.131 e. The lowest BCUT2D eigenvalue weighted by atomic mass is 10.1. The summed E-state index contributed by atoms with van der Waals surface area (Å²) in [6.07, 6.45) is 2.71. The molecule has 4 nitrogen and oxygen atoms in total. The Kier molecular flexibility index (Phi) is 6.00. The standard InChI is InChI=1S/C11H20N4S/c1-9(2)3-4-12-10-7-11(13-5-6-16)15-8-14-10/h7-9,16H,3-6H2,1-2H3,(H2,12,13,14,15). The number of rotatable bonds is 7. The van der Waals surface area contributed by atoms with Crippen LogP contribution in [0.25, 0.3) is 0 Å². The van der Waals surface area contributed by atoms with Crippen molar-refractivity contribution >= 4 is 24.3 Å². The maximum absolute atomic E-state index is 4.16. The maximum atomic E-state index is 4.16. The molecule has 0 aromatic carbocycles. The van der Waals surface area contributed by atoms with Gasteiger partial charge in [-0.3, -0.25) is 0 Å². The molecular formula is C11H20N4S. The minimum atomic E-state index is 0.705. The van der Waals surface area contributed by atoms with Gasteiger partial charge in [-0.05, 0) is 12.3 Å². The topological polar surface area (TPSA) is 49.8 Å². The molecule has 0 aliphatic heterocycles. The molecule has 0 aliphatic rings. The smallest absolute Gasteiger partial charge is 0.131 e. The zero-order valence-electron chi connectivity index (χ0n) is 9.90. The molecule has 0 spiro atoms. The molecule has 0 bridgehead atoms. The minimum absolute atomic E-state index is 0.705. The fraction of sp³-hybridized carbons (Fsp3) is 0.636. The number of nitrogens with zero attached hydrogens (tertiary/aromatic N) is 2. The first-order valence-electron chi connectivity index (χ1n) is 5.63. The third-order valence-electron chi connectivity index (χ3n) is 2.11. The largest absolute Gasteiger partial charge is 0.370 e. The third kappa shape index (κ3) is 5.21. The lowest BCUT2D eigenvalue weighted by molar-refractivity contribution is 0.606. The summed E-state index contributed by atoms with van der Waals surface area (Å²) in [5.74, 6) is 3.21. The van der Waals surface area contributed by atoms with Crippen LogP contribution in [0.15, 0.2) is 12.4 Å². The molecule has 1 rings (SSSR count). The van der Waals surface area contributed by atoms with Crippen molar-refractivity contribution in [1.29, 1.82) is 0 Å². The molecule has 0 atom stereocenters. The van der Waals surface area contributed by atoms with Gasteiger partial charge in [-0.1, -0.05) is 13.8 Å². The van der Waals surface area contributed by atoms with E-state index >= 15 is 0 Å². The molecular weight excluding hydrogens is 220 g/mol. The Morgan fingerprint density at radius 1 is 1.19 bits per heavy atom. The highest BCUT2D eigenvalue weighted by Crippen LogP contribution is 2.09. The molecule has 16 heavy (non-hydrogen) atoms. The summed E-state index contributed by atoms with van der Waals surface area (Å²) in [4.78, 5) is 8.29. The summed E-state index contributed by atoms with van der Waals surface area (Å²) >= 11 is 4.13. The van der Waals surface area contributed by atoms with Crippen LogP contribution < -0.4 is 10.6 Å². The van der Waals surface area contributed by atoms with E-state index < -0.39 is 0 Å². The van der Waals surface area contributed by atoms with E-state index in [1.54, 1.807) is 6.33 Å². The first kappa shape index (κ1) is 13.1. The van der Waals surface area contributed by atoms with Gasteiger partial charge in [-0.15, -0.1) is 0 Å². The molecule has 0 unspecified atom stereocenters. The highest BCUT2D eigenvalue weighted by molar-refractivity contribution is 7.80. The molecule has 5 heteroatoms. The normalized spacial score (nSPS) is 10.5. The van der Waals surface area contributed by atoms with E-state index in [-0.39, 0.29) is 0 Å². The van der Waals surface area contributed by atoms with Gasteiger partial charge in [0.2, 0.25) is 0 Å². The Morgan fingerprint density at radius 2 is 1.81 bits per heavy atom. The zero-order chi connectivity index (χ0) is 11.8. The number of hydrogen-bond donors (Lipinski definition) is 3. The second-order valence-electron chi connectivity index (χ2n) is 4.05. The van der Waals surface area contributed by atoms with Gasteiger partial charge in [-0.2, -0.15) is 12.6 Å². The summed E-state index contributed by atoms with van der Waals surface area (Å²) in [6, 6.07) is 1.92. The molecule has 1 aromatic rings. The number of aromatic nitrogens is 2. The van der Waals surface area contributed by atoms with Crippen molar-refractivity contribution in [3.63, 3.8) is 0 Å².